The molecule has 4 rings (SSSR count). The van der Waals surface area contributed by atoms with Gasteiger partial charge in [0.2, 0.25) is 0 Å². The zero-order chi connectivity index (χ0) is 18.5. The molecule has 2 aliphatic rings. The van der Waals surface area contributed by atoms with Crippen molar-refractivity contribution in [1.82, 2.24) is 14.3 Å². The molecule has 2 fully saturated rings. The van der Waals surface area contributed by atoms with Gasteiger partial charge in [-0.25, -0.2) is 15.1 Å². The van der Waals surface area contributed by atoms with Crippen molar-refractivity contribution in [1.29, 1.82) is 0 Å². The third-order valence-corrected chi connectivity index (χ3v) is 6.03. The van der Waals surface area contributed by atoms with Crippen LogP contribution in [0.15, 0.2) is 18.5 Å². The van der Waals surface area contributed by atoms with Crippen molar-refractivity contribution < 1.29 is 17.9 Å². The summed E-state index contributed by atoms with van der Waals surface area (Å²) >= 11 is 0. The fourth-order valence-corrected chi connectivity index (χ4v) is 4.63. The molecule has 10 heteroatoms. The van der Waals surface area contributed by atoms with Crippen molar-refractivity contribution in [3.63, 3.8) is 0 Å². The Morgan fingerprint density at radius 1 is 1.12 bits per heavy atom. The van der Waals surface area contributed by atoms with Gasteiger partial charge in [-0.15, -0.1) is 0 Å². The van der Waals surface area contributed by atoms with Crippen molar-refractivity contribution in [2.24, 2.45) is 5.14 Å². The Labute approximate surface area is 151 Å². The SMILES string of the molecule is COc1cc2ncnc(N3CC(N(C4CC4)S(N)(=O)=O)C3)c2cc1OC. The molecule has 0 atom stereocenters. The number of benzene rings is 1. The Hall–Kier alpha value is -2.17. The first kappa shape index (κ1) is 17.3. The summed E-state index contributed by atoms with van der Waals surface area (Å²) in [6, 6.07) is 3.57. The summed E-state index contributed by atoms with van der Waals surface area (Å²) in [5.41, 5.74) is 0.738. The summed E-state index contributed by atoms with van der Waals surface area (Å²) in [6.45, 7) is 1.10. The van der Waals surface area contributed by atoms with Crippen molar-refractivity contribution in [2.45, 2.75) is 24.9 Å². The molecule has 1 aliphatic heterocycles. The largest absolute Gasteiger partial charge is 0.493 e. The standard InChI is InChI=1S/C16H21N5O4S/c1-24-14-5-12-13(6-15(14)25-2)18-9-19-16(12)20-7-11(8-20)21(10-3-4-10)26(17,22)23/h5-6,9-11H,3-4,7-8H2,1-2H3,(H2,17,22,23). The molecule has 26 heavy (non-hydrogen) atoms. The average molecular weight is 379 g/mol. The number of nitrogens with zero attached hydrogens (tertiary/aromatic N) is 4. The predicted octanol–water partition coefficient (Wildman–Crippen LogP) is 0.504. The van der Waals surface area contributed by atoms with Gasteiger partial charge < -0.3 is 14.4 Å². The van der Waals surface area contributed by atoms with E-state index in [1.54, 1.807) is 20.3 Å². The molecule has 140 valence electrons. The fraction of sp³-hybridized carbons (Fsp3) is 0.500. The van der Waals surface area contributed by atoms with Gasteiger partial charge in [0.05, 0.1) is 25.8 Å². The van der Waals surface area contributed by atoms with Crippen LogP contribution in [0.25, 0.3) is 10.9 Å². The second kappa shape index (κ2) is 6.22. The molecule has 1 aliphatic carbocycles. The van der Waals surface area contributed by atoms with Gasteiger partial charge in [-0.2, -0.15) is 12.7 Å². The zero-order valence-electron chi connectivity index (χ0n) is 14.6. The Kier molecular flexibility index (Phi) is 4.13. The lowest BCUT2D eigenvalue weighted by Crippen LogP contribution is -2.62. The average Bonchev–Trinajstić information content (AvgIpc) is 3.39. The monoisotopic (exact) mass is 379 g/mol. The quantitative estimate of drug-likeness (QED) is 0.778. The summed E-state index contributed by atoms with van der Waals surface area (Å²) in [5.74, 6) is 1.94. The number of ether oxygens (including phenoxy) is 2. The predicted molar refractivity (Wildman–Crippen MR) is 96.6 cm³/mol. The molecule has 0 unspecified atom stereocenters. The number of hydrogen-bond acceptors (Lipinski definition) is 7. The first-order valence-corrected chi connectivity index (χ1v) is 9.85. The lowest BCUT2D eigenvalue weighted by atomic mass is 10.1. The summed E-state index contributed by atoms with van der Waals surface area (Å²) in [6.07, 6.45) is 3.25. The van der Waals surface area contributed by atoms with Gasteiger partial charge >= 0.3 is 0 Å². The smallest absolute Gasteiger partial charge is 0.277 e. The Morgan fingerprint density at radius 3 is 2.35 bits per heavy atom. The van der Waals surface area contributed by atoms with Gasteiger partial charge in [-0.3, -0.25) is 0 Å². The second-order valence-corrected chi connectivity index (χ2v) is 8.04. The van der Waals surface area contributed by atoms with Gasteiger partial charge in [0.1, 0.15) is 12.1 Å². The summed E-state index contributed by atoms with van der Waals surface area (Å²) < 4.78 is 35.9. The minimum absolute atomic E-state index is 0.0450. The zero-order valence-corrected chi connectivity index (χ0v) is 15.4. The highest BCUT2D eigenvalue weighted by Crippen LogP contribution is 2.38. The summed E-state index contributed by atoms with van der Waals surface area (Å²) in [5, 5.41) is 6.23. The summed E-state index contributed by atoms with van der Waals surface area (Å²) in [7, 11) is -0.541. The van der Waals surface area contributed by atoms with Crippen molar-refractivity contribution in [2.75, 3.05) is 32.2 Å². The number of fused-ring (bicyclic) bond motifs is 1. The second-order valence-electron chi connectivity index (χ2n) is 6.59. The van der Waals surface area contributed by atoms with Crippen LogP contribution < -0.4 is 19.5 Å². The topological polar surface area (TPSA) is 111 Å². The number of aromatic nitrogens is 2. The molecule has 2 N–H and O–H groups in total. The van der Waals surface area contributed by atoms with Gasteiger partial charge in [0, 0.05) is 30.6 Å². The first-order chi connectivity index (χ1) is 12.4. The van der Waals surface area contributed by atoms with E-state index in [9.17, 15) is 8.42 Å². The van der Waals surface area contributed by atoms with Crippen molar-refractivity contribution in [3.05, 3.63) is 18.5 Å². The molecule has 0 bridgehead atoms. The van der Waals surface area contributed by atoms with Crippen LogP contribution >= 0.6 is 0 Å². The lowest BCUT2D eigenvalue weighted by molar-refractivity contribution is 0.264. The molecule has 1 saturated carbocycles. The van der Waals surface area contributed by atoms with Crippen LogP contribution in [0, 0.1) is 0 Å². The van der Waals surface area contributed by atoms with Crippen LogP contribution in [0.5, 0.6) is 11.5 Å². The lowest BCUT2D eigenvalue weighted by Gasteiger charge is -2.45. The molecule has 9 nitrogen and oxygen atoms in total. The number of anilines is 1. The minimum Gasteiger partial charge on any atom is -0.493 e. The molecule has 0 radical (unpaired) electrons. The van der Waals surface area contributed by atoms with E-state index >= 15 is 0 Å². The van der Waals surface area contributed by atoms with Gasteiger partial charge in [-0.1, -0.05) is 0 Å². The number of methoxy groups -OCH3 is 2. The highest BCUT2D eigenvalue weighted by molar-refractivity contribution is 7.86. The van der Waals surface area contributed by atoms with E-state index in [-0.39, 0.29) is 12.1 Å². The maximum absolute atomic E-state index is 11.9. The van der Waals surface area contributed by atoms with Crippen LogP contribution in [-0.2, 0) is 10.2 Å². The third-order valence-electron chi connectivity index (χ3n) is 4.84. The molecule has 1 aromatic heterocycles. The first-order valence-electron chi connectivity index (χ1n) is 8.35. The van der Waals surface area contributed by atoms with Crippen LogP contribution in [-0.4, -0.2) is 62.1 Å². The number of nitrogens with two attached hydrogens (primary N) is 1. The highest BCUT2D eigenvalue weighted by Gasteiger charge is 2.45. The van der Waals surface area contributed by atoms with E-state index in [2.05, 4.69) is 9.97 Å². The molecule has 1 saturated heterocycles. The maximum Gasteiger partial charge on any atom is 0.277 e. The highest BCUT2D eigenvalue weighted by atomic mass is 32.2. The number of hydrogen-bond donors (Lipinski definition) is 1. The van der Waals surface area contributed by atoms with Gasteiger partial charge in [0.15, 0.2) is 11.5 Å². The van der Waals surface area contributed by atoms with E-state index in [4.69, 9.17) is 14.6 Å². The summed E-state index contributed by atoms with van der Waals surface area (Å²) in [4.78, 5) is 10.7. The van der Waals surface area contributed by atoms with Crippen LogP contribution in [0.3, 0.4) is 0 Å². The molecule has 2 heterocycles. The van der Waals surface area contributed by atoms with Crippen molar-refractivity contribution in [3.8, 4) is 11.5 Å². The third kappa shape index (κ3) is 2.93. The Morgan fingerprint density at radius 2 is 1.77 bits per heavy atom. The van der Waals surface area contributed by atoms with E-state index in [1.807, 2.05) is 11.0 Å². The van der Waals surface area contributed by atoms with E-state index in [0.29, 0.717) is 24.6 Å². The molecule has 0 spiro atoms. The molecule has 2 aromatic rings. The van der Waals surface area contributed by atoms with Gasteiger partial charge in [0.25, 0.3) is 10.2 Å². The molecule has 1 aromatic carbocycles. The minimum atomic E-state index is -3.69. The van der Waals surface area contributed by atoms with Crippen molar-refractivity contribution >= 4 is 26.9 Å². The molecular formula is C16H21N5O4S. The van der Waals surface area contributed by atoms with E-state index in [0.717, 1.165) is 29.6 Å². The van der Waals surface area contributed by atoms with Crippen LogP contribution in [0.4, 0.5) is 5.82 Å². The Balaban J connectivity index is 1.62. The molecular weight excluding hydrogens is 358 g/mol. The van der Waals surface area contributed by atoms with Crippen LogP contribution in [0.1, 0.15) is 12.8 Å². The van der Waals surface area contributed by atoms with Crippen LogP contribution in [0.2, 0.25) is 0 Å². The van der Waals surface area contributed by atoms with E-state index in [1.165, 1.54) is 10.6 Å². The molecule has 0 amide bonds. The van der Waals surface area contributed by atoms with Gasteiger partial charge in [-0.05, 0) is 18.9 Å². The number of rotatable bonds is 6. The normalized spacial score (nSPS) is 18.2. The Bertz CT molecular complexity index is 941. The maximum atomic E-state index is 11.9. The fourth-order valence-electron chi connectivity index (χ4n) is 3.45. The van der Waals surface area contributed by atoms with E-state index < -0.39 is 10.2 Å².